The number of imide groups is 1. The number of hydrogen-bond donors (Lipinski definition) is 3. The van der Waals surface area contributed by atoms with Gasteiger partial charge < -0.3 is 10.4 Å². The number of carboxylic acid groups (broad SMARTS) is 1. The van der Waals surface area contributed by atoms with E-state index in [1.165, 1.54) is 0 Å². The molecule has 0 bridgehead atoms. The number of carbonyl (C=O) groups excluding carboxylic acids is 2. The van der Waals surface area contributed by atoms with E-state index in [1.54, 1.807) is 12.1 Å². The van der Waals surface area contributed by atoms with Crippen LogP contribution in [0.3, 0.4) is 0 Å². The predicted molar refractivity (Wildman–Crippen MR) is 72.8 cm³/mol. The maximum Gasteiger partial charge on any atom is 0.328 e. The molecule has 0 aliphatic carbocycles. The van der Waals surface area contributed by atoms with Crippen molar-refractivity contribution in [2.24, 2.45) is 0 Å². The largest absolute Gasteiger partial charge is 0.478 e. The van der Waals surface area contributed by atoms with Gasteiger partial charge in [-0.3, -0.25) is 10.1 Å². The average molecular weight is 327 g/mol. The first-order chi connectivity index (χ1) is 8.88. The third-order valence-corrected chi connectivity index (χ3v) is 2.68. The molecule has 6 nitrogen and oxygen atoms in total. The molecule has 0 aliphatic heterocycles. The van der Waals surface area contributed by atoms with Crippen molar-refractivity contribution in [2.75, 3.05) is 5.32 Å². The van der Waals surface area contributed by atoms with Gasteiger partial charge in [0.05, 0.1) is 5.69 Å². The lowest BCUT2D eigenvalue weighted by Crippen LogP contribution is -2.33. The topological polar surface area (TPSA) is 95.5 Å². The van der Waals surface area contributed by atoms with Gasteiger partial charge in [-0.1, -0.05) is 6.07 Å². The molecule has 19 heavy (non-hydrogen) atoms. The van der Waals surface area contributed by atoms with E-state index in [9.17, 15) is 14.4 Å². The first kappa shape index (κ1) is 14.9. The number of benzene rings is 1. The van der Waals surface area contributed by atoms with E-state index in [1.807, 2.05) is 18.3 Å². The van der Waals surface area contributed by atoms with Crippen molar-refractivity contribution in [1.29, 1.82) is 0 Å². The maximum atomic E-state index is 11.5. The zero-order valence-corrected chi connectivity index (χ0v) is 11.5. The van der Waals surface area contributed by atoms with Crippen molar-refractivity contribution < 1.29 is 19.5 Å². The van der Waals surface area contributed by atoms with E-state index < -0.39 is 17.9 Å². The summed E-state index contributed by atoms with van der Waals surface area (Å²) in [5.74, 6) is -2.08. The Hall–Kier alpha value is -2.15. The molecule has 1 aromatic rings. The fourth-order valence-electron chi connectivity index (χ4n) is 1.19. The minimum absolute atomic E-state index is 0.507. The first-order valence-corrected chi connectivity index (χ1v) is 5.97. The molecule has 100 valence electrons. The van der Waals surface area contributed by atoms with Gasteiger partial charge in [-0.25, -0.2) is 9.59 Å². The molecule has 1 aromatic carbocycles. The molecule has 0 aliphatic rings. The number of rotatable bonds is 3. The van der Waals surface area contributed by atoms with Gasteiger partial charge in [0.25, 0.3) is 5.91 Å². The standard InChI is InChI=1S/C12H11BrN2O4/c1-7-2-3-8(13)9(6-7)14-12(19)15-10(16)4-5-11(17)18/h2-6H,1H3,(H,17,18)(H2,14,15,16,19)/b5-4+. The number of anilines is 1. The second-order valence-corrected chi connectivity index (χ2v) is 4.45. The molecule has 7 heteroatoms. The summed E-state index contributed by atoms with van der Waals surface area (Å²) in [6.45, 7) is 1.86. The van der Waals surface area contributed by atoms with Crippen molar-refractivity contribution in [1.82, 2.24) is 5.32 Å². The van der Waals surface area contributed by atoms with Gasteiger partial charge in [0.2, 0.25) is 0 Å². The summed E-state index contributed by atoms with van der Waals surface area (Å²) in [6.07, 6.45) is 1.40. The van der Waals surface area contributed by atoms with Crippen LogP contribution in [-0.2, 0) is 9.59 Å². The summed E-state index contributed by atoms with van der Waals surface area (Å²) >= 11 is 3.26. The van der Waals surface area contributed by atoms with E-state index in [-0.39, 0.29) is 0 Å². The number of aliphatic carboxylic acids is 1. The summed E-state index contributed by atoms with van der Waals surface area (Å²) in [6, 6.07) is 4.60. The second kappa shape index (κ2) is 6.69. The first-order valence-electron chi connectivity index (χ1n) is 5.17. The molecule has 0 atom stereocenters. The number of hydrogen-bond acceptors (Lipinski definition) is 3. The molecule has 0 saturated carbocycles. The fraction of sp³-hybridized carbons (Fsp3) is 0.0833. The molecular weight excluding hydrogens is 316 g/mol. The van der Waals surface area contributed by atoms with Crippen molar-refractivity contribution in [3.8, 4) is 0 Å². The van der Waals surface area contributed by atoms with Crippen LogP contribution in [0.4, 0.5) is 10.5 Å². The van der Waals surface area contributed by atoms with E-state index in [0.29, 0.717) is 16.2 Å². The Bertz CT molecular complexity index is 555. The Morgan fingerprint density at radius 1 is 1.26 bits per heavy atom. The monoisotopic (exact) mass is 326 g/mol. The minimum atomic E-state index is -1.27. The van der Waals surface area contributed by atoms with E-state index >= 15 is 0 Å². The van der Waals surface area contributed by atoms with Crippen LogP contribution in [0.5, 0.6) is 0 Å². The van der Waals surface area contributed by atoms with Crippen LogP contribution in [-0.4, -0.2) is 23.0 Å². The highest BCUT2D eigenvalue weighted by molar-refractivity contribution is 9.10. The highest BCUT2D eigenvalue weighted by Crippen LogP contribution is 2.23. The summed E-state index contributed by atoms with van der Waals surface area (Å²) < 4.78 is 0.668. The van der Waals surface area contributed by atoms with Crippen molar-refractivity contribution >= 4 is 39.5 Å². The lowest BCUT2D eigenvalue weighted by atomic mass is 10.2. The molecule has 0 heterocycles. The maximum absolute atomic E-state index is 11.5. The normalized spacial score (nSPS) is 10.2. The SMILES string of the molecule is Cc1ccc(Br)c(NC(=O)NC(=O)/C=C/C(=O)O)c1. The summed E-state index contributed by atoms with van der Waals surface area (Å²) in [5, 5.41) is 12.8. The van der Waals surface area contributed by atoms with Gasteiger partial charge in [-0.05, 0) is 40.5 Å². The summed E-state index contributed by atoms with van der Waals surface area (Å²) in [5.41, 5.74) is 1.45. The predicted octanol–water partition coefficient (Wildman–Crippen LogP) is 2.05. The van der Waals surface area contributed by atoms with Gasteiger partial charge in [0.1, 0.15) is 0 Å². The van der Waals surface area contributed by atoms with E-state index in [0.717, 1.165) is 11.6 Å². The van der Waals surface area contributed by atoms with Crippen LogP contribution in [0.2, 0.25) is 0 Å². The number of aryl methyl sites for hydroxylation is 1. The molecule has 0 unspecified atom stereocenters. The fourth-order valence-corrected chi connectivity index (χ4v) is 1.53. The number of halogens is 1. The average Bonchev–Trinajstić information content (AvgIpc) is 2.31. The van der Waals surface area contributed by atoms with Gasteiger partial charge in [-0.2, -0.15) is 0 Å². The third kappa shape index (κ3) is 5.35. The Balaban J connectivity index is 2.63. The van der Waals surface area contributed by atoms with Crippen molar-refractivity contribution in [2.45, 2.75) is 6.92 Å². The van der Waals surface area contributed by atoms with Crippen LogP contribution in [0.1, 0.15) is 5.56 Å². The molecule has 0 radical (unpaired) electrons. The summed E-state index contributed by atoms with van der Waals surface area (Å²) in [7, 11) is 0. The van der Waals surface area contributed by atoms with E-state index in [4.69, 9.17) is 5.11 Å². The molecule has 3 N–H and O–H groups in total. The smallest absolute Gasteiger partial charge is 0.328 e. The van der Waals surface area contributed by atoms with Crippen LogP contribution in [0.15, 0.2) is 34.8 Å². The molecule has 0 fully saturated rings. The zero-order chi connectivity index (χ0) is 14.4. The quantitative estimate of drug-likeness (QED) is 0.741. The molecule has 0 aromatic heterocycles. The van der Waals surface area contributed by atoms with Crippen LogP contribution < -0.4 is 10.6 Å². The number of urea groups is 1. The Morgan fingerprint density at radius 3 is 2.58 bits per heavy atom. The lowest BCUT2D eigenvalue weighted by molar-refractivity contribution is -0.131. The molecule has 0 saturated heterocycles. The number of nitrogens with one attached hydrogen (secondary N) is 2. The van der Waals surface area contributed by atoms with Crippen LogP contribution in [0.25, 0.3) is 0 Å². The minimum Gasteiger partial charge on any atom is -0.478 e. The van der Waals surface area contributed by atoms with Crippen molar-refractivity contribution in [3.05, 3.63) is 40.4 Å². The Kier molecular flexibility index (Phi) is 5.25. The van der Waals surface area contributed by atoms with Crippen molar-refractivity contribution in [3.63, 3.8) is 0 Å². The Labute approximate surface area is 117 Å². The molecule has 1 rings (SSSR count). The van der Waals surface area contributed by atoms with E-state index in [2.05, 4.69) is 21.2 Å². The molecule has 3 amide bonds. The highest BCUT2D eigenvalue weighted by Gasteiger charge is 2.08. The number of carbonyl (C=O) groups is 3. The molecular formula is C12H11BrN2O4. The second-order valence-electron chi connectivity index (χ2n) is 3.60. The number of amides is 3. The summed E-state index contributed by atoms with van der Waals surface area (Å²) in [4.78, 5) is 32.8. The van der Waals surface area contributed by atoms with Gasteiger partial charge >= 0.3 is 12.0 Å². The van der Waals surface area contributed by atoms with Crippen LogP contribution in [0, 0.1) is 6.92 Å². The highest BCUT2D eigenvalue weighted by atomic mass is 79.9. The van der Waals surface area contributed by atoms with Gasteiger partial charge in [0.15, 0.2) is 0 Å². The number of carboxylic acids is 1. The Morgan fingerprint density at radius 2 is 1.95 bits per heavy atom. The van der Waals surface area contributed by atoms with Gasteiger partial charge in [0, 0.05) is 16.6 Å². The zero-order valence-electron chi connectivity index (χ0n) is 9.94. The van der Waals surface area contributed by atoms with Crippen LogP contribution >= 0.6 is 15.9 Å². The lowest BCUT2D eigenvalue weighted by Gasteiger charge is -2.08. The van der Waals surface area contributed by atoms with Gasteiger partial charge in [-0.15, -0.1) is 0 Å². The molecule has 0 spiro atoms. The third-order valence-electron chi connectivity index (χ3n) is 1.98.